The molecule has 21 heavy (non-hydrogen) atoms. The van der Waals surface area contributed by atoms with E-state index < -0.39 is 0 Å². The Morgan fingerprint density at radius 2 is 2.19 bits per heavy atom. The van der Waals surface area contributed by atoms with E-state index >= 15 is 0 Å². The van der Waals surface area contributed by atoms with Crippen molar-refractivity contribution < 1.29 is 9.47 Å². The topological polar surface area (TPSA) is 56.3 Å². The summed E-state index contributed by atoms with van der Waals surface area (Å²) in [5, 5.41) is 3.40. The van der Waals surface area contributed by atoms with Crippen LogP contribution in [-0.4, -0.2) is 29.2 Å². The van der Waals surface area contributed by atoms with E-state index in [-0.39, 0.29) is 6.10 Å². The van der Waals surface area contributed by atoms with Gasteiger partial charge in [0.1, 0.15) is 11.9 Å². The van der Waals surface area contributed by atoms with Crippen molar-refractivity contribution in [2.45, 2.75) is 59.1 Å². The van der Waals surface area contributed by atoms with Crippen LogP contribution >= 0.6 is 0 Å². The summed E-state index contributed by atoms with van der Waals surface area (Å²) in [6.07, 6.45) is 3.10. The molecular formula is C16H27N3O2. The Kier molecular flexibility index (Phi) is 5.79. The van der Waals surface area contributed by atoms with E-state index in [2.05, 4.69) is 43.0 Å². The molecule has 0 bridgehead atoms. The van der Waals surface area contributed by atoms with Crippen molar-refractivity contribution in [3.8, 4) is 5.88 Å². The average Bonchev–Trinajstić information content (AvgIpc) is 2.99. The lowest BCUT2D eigenvalue weighted by atomic mass is 10.2. The molecule has 1 aliphatic heterocycles. The summed E-state index contributed by atoms with van der Waals surface area (Å²) in [5.41, 5.74) is 0. The van der Waals surface area contributed by atoms with E-state index in [9.17, 15) is 0 Å². The third kappa shape index (κ3) is 4.84. The second-order valence-corrected chi connectivity index (χ2v) is 6.11. The summed E-state index contributed by atoms with van der Waals surface area (Å²) in [6, 6.07) is 2.25. The Labute approximate surface area is 127 Å². The first-order chi connectivity index (χ1) is 10.1. The number of aromatic nitrogens is 2. The Morgan fingerprint density at radius 1 is 1.38 bits per heavy atom. The minimum absolute atomic E-state index is 0.00471. The van der Waals surface area contributed by atoms with Crippen molar-refractivity contribution in [3.05, 3.63) is 11.9 Å². The van der Waals surface area contributed by atoms with Crippen molar-refractivity contribution in [2.24, 2.45) is 5.92 Å². The maximum absolute atomic E-state index is 5.78. The lowest BCUT2D eigenvalue weighted by molar-refractivity contribution is 0.104. The van der Waals surface area contributed by atoms with Crippen molar-refractivity contribution >= 4 is 5.82 Å². The van der Waals surface area contributed by atoms with E-state index in [1.54, 1.807) is 0 Å². The molecule has 1 aromatic rings. The monoisotopic (exact) mass is 293 g/mol. The molecule has 5 heteroatoms. The number of nitrogens with one attached hydrogen (secondary N) is 1. The molecule has 1 N–H and O–H groups in total. The normalized spacial score (nSPS) is 19.8. The predicted octanol–water partition coefficient (Wildman–Crippen LogP) is 3.57. The smallest absolute Gasteiger partial charge is 0.218 e. The first-order valence-electron chi connectivity index (χ1n) is 7.98. The Morgan fingerprint density at radius 3 is 2.81 bits per heavy atom. The molecule has 0 amide bonds. The van der Waals surface area contributed by atoms with Gasteiger partial charge in [-0.2, -0.15) is 4.98 Å². The van der Waals surface area contributed by atoms with Gasteiger partial charge in [-0.15, -0.1) is 0 Å². The van der Waals surface area contributed by atoms with Crippen LogP contribution in [0.25, 0.3) is 0 Å². The van der Waals surface area contributed by atoms with E-state index in [4.69, 9.17) is 9.47 Å². The van der Waals surface area contributed by atoms with Crippen molar-refractivity contribution in [1.29, 1.82) is 0 Å². The highest BCUT2D eigenvalue weighted by molar-refractivity contribution is 5.39. The quantitative estimate of drug-likeness (QED) is 0.833. The molecule has 0 saturated carbocycles. The number of anilines is 1. The summed E-state index contributed by atoms with van der Waals surface area (Å²) < 4.78 is 11.5. The van der Waals surface area contributed by atoms with Gasteiger partial charge in [-0.25, -0.2) is 4.98 Å². The van der Waals surface area contributed by atoms with Crippen LogP contribution < -0.4 is 10.1 Å². The lowest BCUT2D eigenvalue weighted by Crippen LogP contribution is -2.17. The first kappa shape index (κ1) is 16.0. The van der Waals surface area contributed by atoms with E-state index in [0.717, 1.165) is 37.5 Å². The molecule has 0 spiro atoms. The molecule has 0 aliphatic carbocycles. The zero-order valence-corrected chi connectivity index (χ0v) is 13.6. The molecular weight excluding hydrogens is 266 g/mol. The second kappa shape index (κ2) is 7.59. The Bertz CT molecular complexity index is 445. The van der Waals surface area contributed by atoms with E-state index in [1.807, 2.05) is 6.07 Å². The molecule has 2 unspecified atom stereocenters. The van der Waals surface area contributed by atoms with Gasteiger partial charge >= 0.3 is 0 Å². The Hall–Kier alpha value is -1.36. The second-order valence-electron chi connectivity index (χ2n) is 6.11. The minimum Gasteiger partial charge on any atom is -0.477 e. The van der Waals surface area contributed by atoms with Crippen LogP contribution in [0.2, 0.25) is 0 Å². The molecule has 2 heterocycles. The summed E-state index contributed by atoms with van der Waals surface area (Å²) in [4.78, 5) is 9.13. The summed E-state index contributed by atoms with van der Waals surface area (Å²) in [5.74, 6) is 2.66. The number of ether oxygens (including phenoxy) is 2. The summed E-state index contributed by atoms with van der Waals surface area (Å²) >= 11 is 0. The first-order valence-corrected chi connectivity index (χ1v) is 7.98. The van der Waals surface area contributed by atoms with Crippen LogP contribution in [0.15, 0.2) is 6.07 Å². The number of hydrogen-bond acceptors (Lipinski definition) is 5. The molecule has 0 aromatic carbocycles. The lowest BCUT2D eigenvalue weighted by Gasteiger charge is -2.16. The third-order valence-corrected chi connectivity index (χ3v) is 3.51. The van der Waals surface area contributed by atoms with Gasteiger partial charge in [0, 0.05) is 18.7 Å². The number of hydrogen-bond donors (Lipinski definition) is 1. The van der Waals surface area contributed by atoms with Crippen molar-refractivity contribution in [2.75, 3.05) is 18.5 Å². The standard InChI is InChI=1S/C16H27N3O2/c1-5-12(4)17-14-9-15(21-10-11(2)3)19-16(18-14)13-7-6-8-20-13/h9,11-13H,5-8,10H2,1-4H3,(H,17,18,19). The Balaban J connectivity index is 2.17. The zero-order valence-electron chi connectivity index (χ0n) is 13.6. The largest absolute Gasteiger partial charge is 0.477 e. The van der Waals surface area contributed by atoms with Gasteiger partial charge in [0.25, 0.3) is 0 Å². The minimum atomic E-state index is 0.00471. The van der Waals surface area contributed by atoms with Gasteiger partial charge in [0.2, 0.25) is 5.88 Å². The maximum Gasteiger partial charge on any atom is 0.218 e. The molecule has 118 valence electrons. The molecule has 5 nitrogen and oxygen atoms in total. The molecule has 2 rings (SSSR count). The molecule has 1 fully saturated rings. The molecule has 1 aliphatic rings. The van der Waals surface area contributed by atoms with Crippen LogP contribution in [-0.2, 0) is 4.74 Å². The van der Waals surface area contributed by atoms with Crippen LogP contribution in [0, 0.1) is 5.92 Å². The summed E-state index contributed by atoms with van der Waals surface area (Å²) in [7, 11) is 0. The number of rotatable bonds is 7. The van der Waals surface area contributed by atoms with Gasteiger partial charge in [-0.05, 0) is 32.1 Å². The van der Waals surface area contributed by atoms with Gasteiger partial charge in [0.15, 0.2) is 5.82 Å². The highest BCUT2D eigenvalue weighted by atomic mass is 16.5. The number of nitrogens with zero attached hydrogens (tertiary/aromatic N) is 2. The molecule has 0 radical (unpaired) electrons. The van der Waals surface area contributed by atoms with Crippen LogP contribution in [0.5, 0.6) is 5.88 Å². The highest BCUT2D eigenvalue weighted by Gasteiger charge is 2.22. The fourth-order valence-corrected chi connectivity index (χ4v) is 2.12. The van der Waals surface area contributed by atoms with Gasteiger partial charge in [0.05, 0.1) is 6.61 Å². The SMILES string of the molecule is CCC(C)Nc1cc(OCC(C)C)nc(C2CCCO2)n1. The van der Waals surface area contributed by atoms with Gasteiger partial charge < -0.3 is 14.8 Å². The molecule has 1 saturated heterocycles. The van der Waals surface area contributed by atoms with Gasteiger partial charge in [-0.1, -0.05) is 20.8 Å². The van der Waals surface area contributed by atoms with Crippen LogP contribution in [0.1, 0.15) is 58.9 Å². The summed E-state index contributed by atoms with van der Waals surface area (Å²) in [6.45, 7) is 9.99. The van der Waals surface area contributed by atoms with Crippen molar-refractivity contribution in [1.82, 2.24) is 9.97 Å². The fourth-order valence-electron chi connectivity index (χ4n) is 2.12. The fraction of sp³-hybridized carbons (Fsp3) is 0.750. The predicted molar refractivity (Wildman–Crippen MR) is 83.7 cm³/mol. The zero-order chi connectivity index (χ0) is 15.2. The van der Waals surface area contributed by atoms with E-state index in [0.29, 0.717) is 24.4 Å². The van der Waals surface area contributed by atoms with Crippen molar-refractivity contribution in [3.63, 3.8) is 0 Å². The maximum atomic E-state index is 5.78. The van der Waals surface area contributed by atoms with E-state index in [1.165, 1.54) is 0 Å². The third-order valence-electron chi connectivity index (χ3n) is 3.51. The van der Waals surface area contributed by atoms with Crippen LogP contribution in [0.4, 0.5) is 5.82 Å². The van der Waals surface area contributed by atoms with Gasteiger partial charge in [-0.3, -0.25) is 0 Å². The highest BCUT2D eigenvalue weighted by Crippen LogP contribution is 2.28. The molecule has 1 aromatic heterocycles. The average molecular weight is 293 g/mol. The molecule has 2 atom stereocenters. The van der Waals surface area contributed by atoms with Crippen LogP contribution in [0.3, 0.4) is 0 Å².